The van der Waals surface area contributed by atoms with Crippen molar-refractivity contribution in [2.75, 3.05) is 32.7 Å². The molecule has 0 aliphatic carbocycles. The van der Waals surface area contributed by atoms with Gasteiger partial charge in [0, 0.05) is 6.04 Å². The van der Waals surface area contributed by atoms with Crippen LogP contribution in [-0.2, 0) is 14.8 Å². The monoisotopic (exact) mass is 340 g/mol. The van der Waals surface area contributed by atoms with E-state index in [0.717, 1.165) is 11.3 Å². The van der Waals surface area contributed by atoms with E-state index in [2.05, 4.69) is 5.32 Å². The lowest BCUT2D eigenvalue weighted by Crippen LogP contribution is -3.15. The predicted molar refractivity (Wildman–Crippen MR) is 88.7 cm³/mol. The summed E-state index contributed by atoms with van der Waals surface area (Å²) in [6, 6.07) is 8.68. The molecule has 0 bridgehead atoms. The van der Waals surface area contributed by atoms with E-state index in [1.807, 2.05) is 13.8 Å². The molecule has 1 aromatic carbocycles. The summed E-state index contributed by atoms with van der Waals surface area (Å²) in [5, 5.41) is 2.95. The molecule has 1 fully saturated rings. The van der Waals surface area contributed by atoms with E-state index < -0.39 is 10.0 Å². The van der Waals surface area contributed by atoms with Crippen LogP contribution in [0.1, 0.15) is 20.3 Å². The molecule has 128 valence electrons. The van der Waals surface area contributed by atoms with Crippen molar-refractivity contribution in [1.29, 1.82) is 0 Å². The van der Waals surface area contributed by atoms with Gasteiger partial charge in [-0.15, -0.1) is 0 Å². The van der Waals surface area contributed by atoms with Crippen LogP contribution in [-0.4, -0.2) is 57.4 Å². The number of amides is 1. The molecule has 1 heterocycles. The number of benzene rings is 1. The summed E-state index contributed by atoms with van der Waals surface area (Å²) in [7, 11) is -3.42. The van der Waals surface area contributed by atoms with Crippen LogP contribution in [0.4, 0.5) is 0 Å². The first-order valence-electron chi connectivity index (χ1n) is 8.11. The third-order valence-corrected chi connectivity index (χ3v) is 6.15. The van der Waals surface area contributed by atoms with Gasteiger partial charge in [0.05, 0.1) is 31.1 Å². The normalized spacial score (nSPS) is 18.5. The molecule has 0 unspecified atom stereocenters. The van der Waals surface area contributed by atoms with Gasteiger partial charge in [0.1, 0.15) is 0 Å². The van der Waals surface area contributed by atoms with Gasteiger partial charge in [0.2, 0.25) is 10.0 Å². The van der Waals surface area contributed by atoms with Gasteiger partial charge in [-0.25, -0.2) is 8.42 Å². The van der Waals surface area contributed by atoms with Crippen LogP contribution in [0, 0.1) is 0 Å². The highest BCUT2D eigenvalue weighted by atomic mass is 32.2. The zero-order valence-electron chi connectivity index (χ0n) is 13.8. The third kappa shape index (κ3) is 4.76. The zero-order chi connectivity index (χ0) is 16.9. The number of hydrogen-bond acceptors (Lipinski definition) is 3. The van der Waals surface area contributed by atoms with Crippen LogP contribution in [0.5, 0.6) is 0 Å². The van der Waals surface area contributed by atoms with Crippen molar-refractivity contribution in [1.82, 2.24) is 9.62 Å². The maximum atomic E-state index is 12.5. The first-order chi connectivity index (χ1) is 10.9. The van der Waals surface area contributed by atoms with Gasteiger partial charge in [-0.05, 0) is 25.5 Å². The lowest BCUT2D eigenvalue weighted by Gasteiger charge is -2.31. The molecule has 2 rings (SSSR count). The first-order valence-corrected chi connectivity index (χ1v) is 9.55. The van der Waals surface area contributed by atoms with Crippen LogP contribution in [0.25, 0.3) is 0 Å². The number of nitrogens with zero attached hydrogens (tertiary/aromatic N) is 1. The summed E-state index contributed by atoms with van der Waals surface area (Å²) in [5.41, 5.74) is 0. The van der Waals surface area contributed by atoms with E-state index in [1.54, 1.807) is 30.3 Å². The van der Waals surface area contributed by atoms with Gasteiger partial charge in [-0.2, -0.15) is 4.31 Å². The van der Waals surface area contributed by atoms with Crippen LogP contribution >= 0.6 is 0 Å². The SMILES string of the molecule is CC[C@@H](C)NC(=O)C[NH+]1CCN(S(=O)(=O)c2ccccc2)CC1. The van der Waals surface area contributed by atoms with Crippen molar-refractivity contribution in [3.63, 3.8) is 0 Å². The molecule has 1 aliphatic rings. The minimum absolute atomic E-state index is 0.0358. The molecule has 1 saturated heterocycles. The molecule has 7 heteroatoms. The molecule has 1 aromatic rings. The van der Waals surface area contributed by atoms with E-state index in [0.29, 0.717) is 37.6 Å². The molecule has 6 nitrogen and oxygen atoms in total. The number of quaternary nitrogens is 1. The van der Waals surface area contributed by atoms with E-state index in [9.17, 15) is 13.2 Å². The fraction of sp³-hybridized carbons (Fsp3) is 0.562. The number of rotatable bonds is 6. The molecule has 1 atom stereocenters. The molecule has 23 heavy (non-hydrogen) atoms. The lowest BCUT2D eigenvalue weighted by molar-refractivity contribution is -0.895. The van der Waals surface area contributed by atoms with Crippen molar-refractivity contribution in [2.24, 2.45) is 0 Å². The van der Waals surface area contributed by atoms with Crippen LogP contribution in [0.3, 0.4) is 0 Å². The van der Waals surface area contributed by atoms with Gasteiger partial charge in [0.15, 0.2) is 6.54 Å². The number of piperazine rings is 1. The summed E-state index contributed by atoms with van der Waals surface area (Å²) in [6.45, 7) is 6.62. The fourth-order valence-corrected chi connectivity index (χ4v) is 4.08. The Morgan fingerprint density at radius 2 is 1.87 bits per heavy atom. The van der Waals surface area contributed by atoms with Gasteiger partial charge in [0.25, 0.3) is 5.91 Å². The molecular formula is C16H26N3O3S+. The number of hydrogen-bond donors (Lipinski definition) is 2. The molecule has 0 radical (unpaired) electrons. The summed E-state index contributed by atoms with van der Waals surface area (Å²) in [5.74, 6) is 0.0358. The average molecular weight is 340 g/mol. The van der Waals surface area contributed by atoms with E-state index in [4.69, 9.17) is 0 Å². The molecule has 0 saturated carbocycles. The first kappa shape index (κ1) is 17.9. The van der Waals surface area contributed by atoms with Crippen LogP contribution in [0.15, 0.2) is 35.2 Å². The Kier molecular flexibility index (Phi) is 6.15. The minimum atomic E-state index is -3.42. The highest BCUT2D eigenvalue weighted by Gasteiger charge is 2.30. The van der Waals surface area contributed by atoms with Gasteiger partial charge in [-0.3, -0.25) is 4.79 Å². The number of sulfonamides is 1. The van der Waals surface area contributed by atoms with Gasteiger partial charge < -0.3 is 10.2 Å². The molecule has 1 amide bonds. The van der Waals surface area contributed by atoms with Crippen molar-refractivity contribution in [2.45, 2.75) is 31.2 Å². The molecular weight excluding hydrogens is 314 g/mol. The van der Waals surface area contributed by atoms with Crippen molar-refractivity contribution < 1.29 is 18.1 Å². The highest BCUT2D eigenvalue weighted by molar-refractivity contribution is 7.89. The standard InChI is InChI=1S/C16H25N3O3S/c1-3-14(2)17-16(20)13-18-9-11-19(12-10-18)23(21,22)15-7-5-4-6-8-15/h4-8,14H,3,9-13H2,1-2H3,(H,17,20)/p+1/t14-/m1/s1. The molecule has 2 N–H and O–H groups in total. The minimum Gasteiger partial charge on any atom is -0.349 e. The van der Waals surface area contributed by atoms with E-state index >= 15 is 0 Å². The lowest BCUT2D eigenvalue weighted by atomic mass is 10.2. The Balaban J connectivity index is 1.88. The highest BCUT2D eigenvalue weighted by Crippen LogP contribution is 2.14. The average Bonchev–Trinajstić information content (AvgIpc) is 2.56. The van der Waals surface area contributed by atoms with E-state index in [-0.39, 0.29) is 11.9 Å². The number of carbonyl (C=O) groups excluding carboxylic acids is 1. The van der Waals surface area contributed by atoms with Crippen LogP contribution in [0.2, 0.25) is 0 Å². The van der Waals surface area contributed by atoms with Crippen molar-refractivity contribution in [3.8, 4) is 0 Å². The molecule has 0 aromatic heterocycles. The Hall–Kier alpha value is -1.44. The third-order valence-electron chi connectivity index (χ3n) is 4.24. The summed E-state index contributed by atoms with van der Waals surface area (Å²) in [6.07, 6.45) is 0.907. The summed E-state index contributed by atoms with van der Waals surface area (Å²) >= 11 is 0. The maximum Gasteiger partial charge on any atom is 0.275 e. The van der Waals surface area contributed by atoms with Crippen molar-refractivity contribution >= 4 is 15.9 Å². The quantitative estimate of drug-likeness (QED) is 0.733. The van der Waals surface area contributed by atoms with E-state index in [1.165, 1.54) is 4.31 Å². The Morgan fingerprint density at radius 3 is 2.43 bits per heavy atom. The van der Waals surface area contributed by atoms with Crippen LogP contribution < -0.4 is 10.2 Å². The molecule has 1 aliphatic heterocycles. The Morgan fingerprint density at radius 1 is 1.26 bits per heavy atom. The predicted octanol–water partition coefficient (Wildman–Crippen LogP) is -0.509. The van der Waals surface area contributed by atoms with Gasteiger partial charge in [-0.1, -0.05) is 25.1 Å². The maximum absolute atomic E-state index is 12.5. The second kappa shape index (κ2) is 7.90. The topological polar surface area (TPSA) is 70.9 Å². The summed E-state index contributed by atoms with van der Waals surface area (Å²) in [4.78, 5) is 13.4. The largest absolute Gasteiger partial charge is 0.349 e. The smallest absolute Gasteiger partial charge is 0.275 e. The van der Waals surface area contributed by atoms with Gasteiger partial charge >= 0.3 is 0 Å². The number of carbonyl (C=O) groups is 1. The zero-order valence-corrected chi connectivity index (χ0v) is 14.6. The second-order valence-corrected chi connectivity index (χ2v) is 7.96. The Labute approximate surface area is 138 Å². The fourth-order valence-electron chi connectivity index (χ4n) is 2.62. The molecule has 0 spiro atoms. The Bertz CT molecular complexity index is 611. The second-order valence-electron chi connectivity index (χ2n) is 6.02. The summed E-state index contributed by atoms with van der Waals surface area (Å²) < 4.78 is 26.6. The number of nitrogens with one attached hydrogen (secondary N) is 2. The van der Waals surface area contributed by atoms with Crippen molar-refractivity contribution in [3.05, 3.63) is 30.3 Å².